The number of halogens is 1. The van der Waals surface area contributed by atoms with Crippen LogP contribution in [0, 0.1) is 5.41 Å². The topological polar surface area (TPSA) is 108 Å². The minimum atomic E-state index is -0.845. The molecule has 0 aliphatic rings. The molecule has 8 heteroatoms. The van der Waals surface area contributed by atoms with Gasteiger partial charge in [-0.3, -0.25) is 4.79 Å². The van der Waals surface area contributed by atoms with E-state index in [9.17, 15) is 4.79 Å². The van der Waals surface area contributed by atoms with Gasteiger partial charge >= 0.3 is 0 Å². The van der Waals surface area contributed by atoms with Gasteiger partial charge in [-0.15, -0.1) is 0 Å². The number of carbonyl (C=O) groups excluding carboxylic acids is 1. The summed E-state index contributed by atoms with van der Waals surface area (Å²) in [5.74, 6) is 1.50. The number of allylic oxidation sites excluding steroid dienone is 1. The van der Waals surface area contributed by atoms with Gasteiger partial charge in [-0.2, -0.15) is 0 Å². The summed E-state index contributed by atoms with van der Waals surface area (Å²) in [6.07, 6.45) is 1.68. The molecule has 1 aromatic heterocycles. The second kappa shape index (κ2) is 10.3. The van der Waals surface area contributed by atoms with Crippen LogP contribution in [-0.4, -0.2) is 33.3 Å². The molecule has 3 N–H and O–H groups in total. The van der Waals surface area contributed by atoms with Crippen LogP contribution in [0.1, 0.15) is 27.8 Å². The first kappa shape index (κ1) is 23.3. The largest absolute Gasteiger partial charge is 0.495 e. The van der Waals surface area contributed by atoms with E-state index in [2.05, 4.69) is 15.9 Å². The molecule has 166 valence electrons. The van der Waals surface area contributed by atoms with E-state index in [1.807, 2.05) is 0 Å². The van der Waals surface area contributed by atoms with E-state index in [1.54, 1.807) is 62.8 Å². The summed E-state index contributed by atoms with van der Waals surface area (Å²) < 4.78 is 22.8. The summed E-state index contributed by atoms with van der Waals surface area (Å²) >= 11 is 3.44. The van der Waals surface area contributed by atoms with E-state index in [0.29, 0.717) is 38.4 Å². The van der Waals surface area contributed by atoms with Gasteiger partial charge in [0.25, 0.3) is 0 Å². The molecule has 1 atom stereocenters. The number of rotatable bonds is 9. The van der Waals surface area contributed by atoms with E-state index in [-0.39, 0.29) is 11.5 Å². The monoisotopic (exact) mass is 498 g/mol. The van der Waals surface area contributed by atoms with Crippen LogP contribution < -0.4 is 15.2 Å². The molecule has 3 aromatic rings. The summed E-state index contributed by atoms with van der Waals surface area (Å²) in [4.78, 5) is 13.1. The van der Waals surface area contributed by atoms with Gasteiger partial charge in [-0.05, 0) is 51.3 Å². The van der Waals surface area contributed by atoms with Gasteiger partial charge in [0.1, 0.15) is 27.8 Å². The number of nitrogens with one attached hydrogen (secondary N) is 1. The highest BCUT2D eigenvalue weighted by Crippen LogP contribution is 2.39. The average Bonchev–Trinajstić information content (AvgIpc) is 3.32. The van der Waals surface area contributed by atoms with Crippen LogP contribution in [0.15, 0.2) is 63.6 Å². The van der Waals surface area contributed by atoms with Crippen LogP contribution in [0.2, 0.25) is 0 Å². The van der Waals surface area contributed by atoms with Gasteiger partial charge in [-0.25, -0.2) is 0 Å². The van der Waals surface area contributed by atoms with Gasteiger partial charge in [-0.1, -0.05) is 24.3 Å². The molecule has 1 heterocycles. The van der Waals surface area contributed by atoms with Crippen molar-refractivity contribution in [2.75, 3.05) is 21.3 Å². The summed E-state index contributed by atoms with van der Waals surface area (Å²) in [7, 11) is 4.58. The zero-order valence-corrected chi connectivity index (χ0v) is 19.4. The number of nitrogens with two attached hydrogens (primary N) is 1. The maximum Gasteiger partial charge on any atom is 0.231 e. The summed E-state index contributed by atoms with van der Waals surface area (Å²) in [6.45, 7) is 0. The van der Waals surface area contributed by atoms with Crippen LogP contribution in [0.3, 0.4) is 0 Å². The van der Waals surface area contributed by atoms with Crippen LogP contribution >= 0.6 is 15.9 Å². The lowest BCUT2D eigenvalue weighted by Gasteiger charge is -2.14. The Labute approximate surface area is 194 Å². The third-order valence-corrected chi connectivity index (χ3v) is 5.72. The maximum absolute atomic E-state index is 13.1. The predicted octanol–water partition coefficient (Wildman–Crippen LogP) is 5.25. The molecular weight excluding hydrogens is 476 g/mol. The van der Waals surface area contributed by atoms with Crippen molar-refractivity contribution in [3.63, 3.8) is 0 Å². The van der Waals surface area contributed by atoms with Crippen molar-refractivity contribution < 1.29 is 23.4 Å². The molecule has 0 spiro atoms. The maximum atomic E-state index is 13.1. The van der Waals surface area contributed by atoms with Crippen molar-refractivity contribution in [2.24, 2.45) is 5.73 Å². The van der Waals surface area contributed by atoms with E-state index < -0.39 is 6.10 Å². The third kappa shape index (κ3) is 4.61. The molecule has 0 aliphatic heterocycles. The standard InChI is InChI=1S/C24H23BrN2O5/c1-29-20-10-16(11-21(30-2)22(20)25)18-8-9-19(32-18)23(28)24(31-3)15-6-4-14(5-7-15)17(12-26)13-27/h4-13,24,26H,27H2,1-3H3/b17-13+,26-12?. The molecule has 0 bridgehead atoms. The molecule has 0 saturated heterocycles. The quantitative estimate of drug-likeness (QED) is 0.308. The fourth-order valence-electron chi connectivity index (χ4n) is 3.24. The fourth-order valence-corrected chi connectivity index (χ4v) is 3.79. The highest BCUT2D eigenvalue weighted by molar-refractivity contribution is 9.10. The average molecular weight is 499 g/mol. The van der Waals surface area contributed by atoms with Gasteiger partial charge < -0.3 is 29.8 Å². The number of carbonyl (C=O) groups is 1. The Kier molecular flexibility index (Phi) is 7.50. The second-order valence-corrected chi connectivity index (χ2v) is 7.52. The zero-order valence-electron chi connectivity index (χ0n) is 17.8. The van der Waals surface area contributed by atoms with Gasteiger partial charge in [0.2, 0.25) is 5.78 Å². The number of furan rings is 1. The first-order valence-corrected chi connectivity index (χ1v) is 10.4. The van der Waals surface area contributed by atoms with Crippen LogP contribution in [0.5, 0.6) is 11.5 Å². The Morgan fingerprint density at radius 1 is 1.06 bits per heavy atom. The van der Waals surface area contributed by atoms with Crippen molar-refractivity contribution >= 4 is 33.5 Å². The molecule has 3 rings (SSSR count). The van der Waals surface area contributed by atoms with Gasteiger partial charge in [0, 0.05) is 30.7 Å². The lowest BCUT2D eigenvalue weighted by molar-refractivity contribution is 0.0577. The van der Waals surface area contributed by atoms with Crippen LogP contribution in [-0.2, 0) is 4.74 Å². The lowest BCUT2D eigenvalue weighted by Crippen LogP contribution is -2.14. The Balaban J connectivity index is 1.90. The summed E-state index contributed by atoms with van der Waals surface area (Å²) in [5.41, 5.74) is 8.24. The minimum Gasteiger partial charge on any atom is -0.495 e. The molecule has 7 nitrogen and oxygen atoms in total. The molecule has 0 aliphatic carbocycles. The molecular formula is C24H23BrN2O5. The number of Topliss-reactive ketones (excluding diaryl/α,β-unsaturated/α-hetero) is 1. The molecule has 0 fully saturated rings. The molecule has 1 unspecified atom stereocenters. The van der Waals surface area contributed by atoms with Crippen molar-refractivity contribution in [3.8, 4) is 22.8 Å². The Hall–Kier alpha value is -3.36. The Morgan fingerprint density at radius 2 is 1.69 bits per heavy atom. The Bertz CT molecular complexity index is 1130. The normalized spacial score (nSPS) is 12.3. The zero-order chi connectivity index (χ0) is 23.3. The molecule has 2 aromatic carbocycles. The number of hydrogen-bond donors (Lipinski definition) is 2. The fraction of sp³-hybridized carbons (Fsp3) is 0.167. The predicted molar refractivity (Wildman–Crippen MR) is 126 cm³/mol. The molecule has 0 saturated carbocycles. The van der Waals surface area contributed by atoms with Gasteiger partial charge in [0.05, 0.1) is 14.2 Å². The van der Waals surface area contributed by atoms with Crippen molar-refractivity contribution in [2.45, 2.75) is 6.10 Å². The summed E-state index contributed by atoms with van der Waals surface area (Å²) in [6, 6.07) is 14.0. The van der Waals surface area contributed by atoms with E-state index in [4.69, 9.17) is 29.8 Å². The van der Waals surface area contributed by atoms with Crippen molar-refractivity contribution in [1.82, 2.24) is 0 Å². The summed E-state index contributed by atoms with van der Waals surface area (Å²) in [5, 5.41) is 7.41. The first-order valence-electron chi connectivity index (χ1n) is 9.58. The molecule has 0 radical (unpaired) electrons. The first-order chi connectivity index (χ1) is 15.5. The second-order valence-electron chi connectivity index (χ2n) is 6.73. The lowest BCUT2D eigenvalue weighted by atomic mass is 10.00. The molecule has 32 heavy (non-hydrogen) atoms. The SMILES string of the molecule is COc1cc(-c2ccc(C(=O)C(OC)c3ccc(/C(C=N)=C/N)cc3)o2)cc(OC)c1Br. The van der Waals surface area contributed by atoms with Crippen LogP contribution in [0.4, 0.5) is 0 Å². The smallest absolute Gasteiger partial charge is 0.231 e. The van der Waals surface area contributed by atoms with Crippen molar-refractivity contribution in [3.05, 3.63) is 76.1 Å². The van der Waals surface area contributed by atoms with E-state index in [1.165, 1.54) is 19.5 Å². The Morgan fingerprint density at radius 3 is 2.19 bits per heavy atom. The van der Waals surface area contributed by atoms with Gasteiger partial charge in [0.15, 0.2) is 5.76 Å². The third-order valence-electron chi connectivity index (χ3n) is 4.93. The number of hydrogen-bond acceptors (Lipinski definition) is 7. The minimum absolute atomic E-state index is 0.166. The van der Waals surface area contributed by atoms with Crippen molar-refractivity contribution in [1.29, 1.82) is 5.41 Å². The highest BCUT2D eigenvalue weighted by Gasteiger charge is 2.25. The van der Waals surface area contributed by atoms with Crippen LogP contribution in [0.25, 0.3) is 16.9 Å². The van der Waals surface area contributed by atoms with E-state index in [0.717, 1.165) is 5.56 Å². The molecule has 0 amide bonds. The number of benzene rings is 2. The number of methoxy groups -OCH3 is 3. The van der Waals surface area contributed by atoms with E-state index >= 15 is 0 Å². The highest BCUT2D eigenvalue weighted by atomic mass is 79.9. The number of ketones is 1. The number of ether oxygens (including phenoxy) is 3.